The van der Waals surface area contributed by atoms with Crippen LogP contribution in [0.3, 0.4) is 0 Å². The van der Waals surface area contributed by atoms with Crippen molar-refractivity contribution >= 4 is 5.97 Å². The second-order valence-electron chi connectivity index (χ2n) is 10.8. The van der Waals surface area contributed by atoms with Crippen LogP contribution in [0.5, 0.6) is 5.75 Å². The standard InChI is InChI=1S/C26H42FNO4/c1-9-31-23(29)16-22(30-8)28-12-10-18(11-13-28)17-32-24-20(25(2,3)4)14-19(27)15-21(24)26(5,6)7/h14-15,18,22H,9-13,16-17H2,1-8H3. The summed E-state index contributed by atoms with van der Waals surface area (Å²) in [6.45, 7) is 17.0. The number of hydrogen-bond acceptors (Lipinski definition) is 5. The van der Waals surface area contributed by atoms with Gasteiger partial charge in [0.1, 0.15) is 17.8 Å². The molecular weight excluding hydrogens is 409 g/mol. The molecular formula is C26H42FNO4. The summed E-state index contributed by atoms with van der Waals surface area (Å²) in [4.78, 5) is 14.1. The highest BCUT2D eigenvalue weighted by Crippen LogP contribution is 2.41. The third kappa shape index (κ3) is 7.17. The fourth-order valence-electron chi connectivity index (χ4n) is 4.20. The Hall–Kier alpha value is -1.66. The zero-order chi connectivity index (χ0) is 24.1. The van der Waals surface area contributed by atoms with E-state index in [0.29, 0.717) is 19.1 Å². The van der Waals surface area contributed by atoms with Crippen molar-refractivity contribution in [1.29, 1.82) is 0 Å². The Morgan fingerprint density at radius 2 is 1.62 bits per heavy atom. The van der Waals surface area contributed by atoms with Crippen LogP contribution in [0, 0.1) is 11.7 Å². The summed E-state index contributed by atoms with van der Waals surface area (Å²) >= 11 is 0. The fraction of sp³-hybridized carbons (Fsp3) is 0.731. The molecule has 6 heteroatoms. The quantitative estimate of drug-likeness (QED) is 0.493. The number of esters is 1. The Morgan fingerprint density at radius 3 is 2.06 bits per heavy atom. The predicted octanol–water partition coefficient (Wildman–Crippen LogP) is 5.44. The van der Waals surface area contributed by atoms with E-state index in [9.17, 15) is 9.18 Å². The normalized spacial score (nSPS) is 17.3. The zero-order valence-corrected chi connectivity index (χ0v) is 21.2. The summed E-state index contributed by atoms with van der Waals surface area (Å²) in [6, 6.07) is 3.23. The molecule has 0 spiro atoms. The first-order valence-corrected chi connectivity index (χ1v) is 11.8. The first-order valence-electron chi connectivity index (χ1n) is 11.8. The Bertz CT molecular complexity index is 723. The van der Waals surface area contributed by atoms with E-state index in [1.54, 1.807) is 19.2 Å². The summed E-state index contributed by atoms with van der Waals surface area (Å²) in [5, 5.41) is 0. The van der Waals surface area contributed by atoms with Gasteiger partial charge in [-0.2, -0.15) is 0 Å². The molecule has 1 aliphatic heterocycles. The van der Waals surface area contributed by atoms with Crippen molar-refractivity contribution in [2.24, 2.45) is 5.92 Å². The number of rotatable bonds is 8. The van der Waals surface area contributed by atoms with E-state index in [4.69, 9.17) is 14.2 Å². The number of likely N-dealkylation sites (tertiary alicyclic amines) is 1. The average Bonchev–Trinajstić information content (AvgIpc) is 2.70. The molecule has 182 valence electrons. The van der Waals surface area contributed by atoms with Gasteiger partial charge < -0.3 is 14.2 Å². The topological polar surface area (TPSA) is 48.0 Å². The lowest BCUT2D eigenvalue weighted by Gasteiger charge is -2.37. The van der Waals surface area contributed by atoms with Gasteiger partial charge in [-0.3, -0.25) is 9.69 Å². The smallest absolute Gasteiger partial charge is 0.309 e. The molecule has 0 bridgehead atoms. The lowest BCUT2D eigenvalue weighted by molar-refractivity contribution is -0.151. The molecule has 0 aliphatic carbocycles. The van der Waals surface area contributed by atoms with Gasteiger partial charge >= 0.3 is 5.97 Å². The van der Waals surface area contributed by atoms with E-state index in [0.717, 1.165) is 42.8 Å². The number of ether oxygens (including phenoxy) is 3. The minimum atomic E-state index is -0.256. The zero-order valence-electron chi connectivity index (χ0n) is 21.2. The van der Waals surface area contributed by atoms with Gasteiger partial charge in [-0.15, -0.1) is 0 Å². The maximum absolute atomic E-state index is 14.4. The second kappa shape index (κ2) is 11.0. The van der Waals surface area contributed by atoms with Crippen LogP contribution < -0.4 is 4.74 Å². The van der Waals surface area contributed by atoms with Crippen LogP contribution in [-0.4, -0.2) is 50.5 Å². The third-order valence-corrected chi connectivity index (χ3v) is 6.11. The lowest BCUT2D eigenvalue weighted by atomic mass is 9.79. The minimum Gasteiger partial charge on any atom is -0.493 e. The number of nitrogens with zero attached hydrogens (tertiary/aromatic N) is 1. The average molecular weight is 452 g/mol. The van der Waals surface area contributed by atoms with E-state index in [1.807, 2.05) is 6.92 Å². The monoisotopic (exact) mass is 451 g/mol. The molecule has 1 unspecified atom stereocenters. The van der Waals surface area contributed by atoms with E-state index in [1.165, 1.54) is 0 Å². The molecule has 0 N–H and O–H groups in total. The van der Waals surface area contributed by atoms with Crippen molar-refractivity contribution in [3.8, 4) is 5.75 Å². The van der Waals surface area contributed by atoms with E-state index >= 15 is 0 Å². The lowest BCUT2D eigenvalue weighted by Crippen LogP contribution is -2.44. The van der Waals surface area contributed by atoms with Crippen LogP contribution in [0.15, 0.2) is 12.1 Å². The summed E-state index contributed by atoms with van der Waals surface area (Å²) in [6.07, 6.45) is 1.90. The summed E-state index contributed by atoms with van der Waals surface area (Å²) in [5.74, 6) is 0.779. The Balaban J connectivity index is 2.07. The highest BCUT2D eigenvalue weighted by Gasteiger charge is 2.30. The molecule has 2 rings (SSSR count). The molecule has 1 fully saturated rings. The predicted molar refractivity (Wildman–Crippen MR) is 126 cm³/mol. The van der Waals surface area contributed by atoms with Crippen LogP contribution in [-0.2, 0) is 25.1 Å². The molecule has 0 amide bonds. The molecule has 1 atom stereocenters. The van der Waals surface area contributed by atoms with Gasteiger partial charge in [-0.25, -0.2) is 4.39 Å². The fourth-order valence-corrected chi connectivity index (χ4v) is 4.20. The molecule has 32 heavy (non-hydrogen) atoms. The van der Waals surface area contributed by atoms with Crippen LogP contribution in [0.4, 0.5) is 4.39 Å². The maximum Gasteiger partial charge on any atom is 0.309 e. The molecule has 0 saturated carbocycles. The minimum absolute atomic E-state index is 0.215. The van der Waals surface area contributed by atoms with Gasteiger partial charge in [0.05, 0.1) is 19.6 Å². The Kier molecular flexibility index (Phi) is 9.12. The molecule has 1 aromatic rings. The molecule has 1 aromatic carbocycles. The first-order chi connectivity index (χ1) is 14.9. The molecule has 0 aromatic heterocycles. The van der Waals surface area contributed by atoms with Gasteiger partial charge in [-0.05, 0) is 48.6 Å². The van der Waals surface area contributed by atoms with Crippen molar-refractivity contribution in [2.45, 2.75) is 84.8 Å². The number of carbonyl (C=O) groups is 1. The maximum atomic E-state index is 14.4. The van der Waals surface area contributed by atoms with Gasteiger partial charge in [0, 0.05) is 31.3 Å². The van der Waals surface area contributed by atoms with Crippen molar-refractivity contribution in [3.63, 3.8) is 0 Å². The van der Waals surface area contributed by atoms with E-state index in [2.05, 4.69) is 46.4 Å². The number of piperidine rings is 1. The van der Waals surface area contributed by atoms with Crippen LogP contribution in [0.25, 0.3) is 0 Å². The number of carbonyl (C=O) groups excluding carboxylic acids is 1. The SMILES string of the molecule is CCOC(=O)CC(OC)N1CCC(COc2c(C(C)(C)C)cc(F)cc2C(C)(C)C)CC1. The number of benzene rings is 1. The highest BCUT2D eigenvalue weighted by atomic mass is 19.1. The van der Waals surface area contributed by atoms with Crippen LogP contribution in [0.1, 0.15) is 78.9 Å². The molecule has 5 nitrogen and oxygen atoms in total. The van der Waals surface area contributed by atoms with Crippen molar-refractivity contribution in [2.75, 3.05) is 33.4 Å². The summed E-state index contributed by atoms with van der Waals surface area (Å²) in [7, 11) is 1.63. The second-order valence-corrected chi connectivity index (χ2v) is 10.8. The van der Waals surface area contributed by atoms with E-state index < -0.39 is 0 Å². The Labute approximate surface area is 193 Å². The highest BCUT2D eigenvalue weighted by molar-refractivity contribution is 5.69. The van der Waals surface area contributed by atoms with Crippen LogP contribution >= 0.6 is 0 Å². The summed E-state index contributed by atoms with van der Waals surface area (Å²) in [5.41, 5.74) is 1.38. The molecule has 0 radical (unpaired) electrons. The largest absolute Gasteiger partial charge is 0.493 e. The van der Waals surface area contributed by atoms with Crippen molar-refractivity contribution in [3.05, 3.63) is 29.1 Å². The third-order valence-electron chi connectivity index (χ3n) is 6.11. The first kappa shape index (κ1) is 26.6. The number of methoxy groups -OCH3 is 1. The van der Waals surface area contributed by atoms with Gasteiger partial charge in [0.15, 0.2) is 0 Å². The molecule has 1 heterocycles. The van der Waals surface area contributed by atoms with Crippen molar-refractivity contribution in [1.82, 2.24) is 4.90 Å². The summed E-state index contributed by atoms with van der Waals surface area (Å²) < 4.78 is 31.5. The molecule has 1 saturated heterocycles. The number of hydrogen-bond donors (Lipinski definition) is 0. The van der Waals surface area contributed by atoms with Crippen LogP contribution in [0.2, 0.25) is 0 Å². The molecule has 1 aliphatic rings. The number of halogens is 1. The van der Waals surface area contributed by atoms with E-state index in [-0.39, 0.29) is 35.3 Å². The van der Waals surface area contributed by atoms with Gasteiger partial charge in [-0.1, -0.05) is 41.5 Å². The van der Waals surface area contributed by atoms with Gasteiger partial charge in [0.2, 0.25) is 0 Å². The van der Waals surface area contributed by atoms with Crippen molar-refractivity contribution < 1.29 is 23.4 Å². The Morgan fingerprint density at radius 1 is 1.09 bits per heavy atom. The van der Waals surface area contributed by atoms with Gasteiger partial charge in [0.25, 0.3) is 0 Å².